The van der Waals surface area contributed by atoms with Crippen LogP contribution in [0.25, 0.3) is 0 Å². The highest BCUT2D eigenvalue weighted by Crippen LogP contribution is 2.28. The van der Waals surface area contributed by atoms with Crippen LogP contribution in [-0.4, -0.2) is 48.3 Å². The minimum atomic E-state index is 0.746. The number of rotatable bonds is 5. The van der Waals surface area contributed by atoms with Gasteiger partial charge in [-0.25, -0.2) is 10.0 Å². The third-order valence-corrected chi connectivity index (χ3v) is 4.60. The molecule has 2 rings (SSSR count). The van der Waals surface area contributed by atoms with Crippen LogP contribution in [0.2, 0.25) is 0 Å². The van der Waals surface area contributed by atoms with Crippen molar-refractivity contribution in [2.45, 2.75) is 65.0 Å². The number of piperidine rings is 1. The van der Waals surface area contributed by atoms with Crippen LogP contribution in [0, 0.1) is 5.92 Å². The lowest BCUT2D eigenvalue weighted by Crippen LogP contribution is -2.53. The van der Waals surface area contributed by atoms with Gasteiger partial charge in [-0.1, -0.05) is 13.3 Å². The zero-order valence-corrected chi connectivity index (χ0v) is 12.5. The van der Waals surface area contributed by atoms with Gasteiger partial charge in [0.15, 0.2) is 0 Å². The Bertz CT molecular complexity index is 234. The molecule has 0 aromatic rings. The second-order valence-corrected chi connectivity index (χ2v) is 6.28. The molecule has 3 atom stereocenters. The first kappa shape index (κ1) is 14.3. The summed E-state index contributed by atoms with van der Waals surface area (Å²) in [6.07, 6.45) is 6.77. The number of hydrazine groups is 1. The van der Waals surface area contributed by atoms with Crippen LogP contribution in [0.3, 0.4) is 0 Å². The summed E-state index contributed by atoms with van der Waals surface area (Å²) in [5, 5.41) is 8.91. The molecule has 2 aliphatic heterocycles. The summed E-state index contributed by atoms with van der Waals surface area (Å²) in [6, 6.07) is 1.49. The van der Waals surface area contributed by atoms with E-state index in [1.165, 1.54) is 58.3 Å². The number of nitrogens with zero attached hydrogens (tertiary/aromatic N) is 2. The van der Waals surface area contributed by atoms with E-state index in [4.69, 9.17) is 0 Å². The van der Waals surface area contributed by atoms with E-state index in [1.807, 2.05) is 0 Å². The summed E-state index contributed by atoms with van der Waals surface area (Å²) in [4.78, 5) is 0. The van der Waals surface area contributed by atoms with Crippen molar-refractivity contribution in [3.63, 3.8) is 0 Å². The first-order valence-corrected chi connectivity index (χ1v) is 7.96. The molecule has 2 aliphatic rings. The molecule has 2 saturated heterocycles. The summed E-state index contributed by atoms with van der Waals surface area (Å²) in [5.74, 6) is 0.859. The van der Waals surface area contributed by atoms with Gasteiger partial charge in [-0.05, 0) is 58.5 Å². The van der Waals surface area contributed by atoms with Crippen LogP contribution in [-0.2, 0) is 0 Å². The zero-order chi connectivity index (χ0) is 13.0. The molecule has 3 unspecified atom stereocenters. The molecule has 2 fully saturated rings. The fourth-order valence-electron chi connectivity index (χ4n) is 3.64. The molecule has 0 bridgehead atoms. The van der Waals surface area contributed by atoms with E-state index in [0.717, 1.165) is 18.0 Å². The molecule has 0 radical (unpaired) electrons. The van der Waals surface area contributed by atoms with Gasteiger partial charge in [-0.3, -0.25) is 0 Å². The van der Waals surface area contributed by atoms with Crippen molar-refractivity contribution in [1.82, 2.24) is 15.3 Å². The Morgan fingerprint density at radius 3 is 2.50 bits per heavy atom. The molecule has 0 aromatic heterocycles. The lowest BCUT2D eigenvalue weighted by atomic mass is 9.99. The summed E-state index contributed by atoms with van der Waals surface area (Å²) in [5.41, 5.74) is 0. The lowest BCUT2D eigenvalue weighted by molar-refractivity contribution is -0.0914. The Balaban J connectivity index is 1.80. The van der Waals surface area contributed by atoms with Crippen LogP contribution >= 0.6 is 0 Å². The molecule has 1 N–H and O–H groups in total. The van der Waals surface area contributed by atoms with Gasteiger partial charge in [0.1, 0.15) is 0 Å². The molecule has 106 valence electrons. The van der Waals surface area contributed by atoms with E-state index in [-0.39, 0.29) is 0 Å². The minimum Gasteiger partial charge on any atom is -0.316 e. The standard InChI is InChI=1S/C15H31N3/c1-4-9-16-11-15-8-10-17(12-15)18-13(2)6-5-7-14(18)3/h13-16H,4-12H2,1-3H3. The van der Waals surface area contributed by atoms with Gasteiger partial charge in [-0.2, -0.15) is 0 Å². The summed E-state index contributed by atoms with van der Waals surface area (Å²) in [6.45, 7) is 12.0. The smallest absolute Gasteiger partial charge is 0.0220 e. The topological polar surface area (TPSA) is 18.5 Å². The van der Waals surface area contributed by atoms with Crippen LogP contribution in [0.5, 0.6) is 0 Å². The largest absolute Gasteiger partial charge is 0.316 e. The average Bonchev–Trinajstić information content (AvgIpc) is 2.78. The van der Waals surface area contributed by atoms with Crippen molar-refractivity contribution in [2.75, 3.05) is 26.2 Å². The molecule has 0 saturated carbocycles. The van der Waals surface area contributed by atoms with E-state index < -0.39 is 0 Å². The predicted molar refractivity (Wildman–Crippen MR) is 77.5 cm³/mol. The van der Waals surface area contributed by atoms with Crippen LogP contribution < -0.4 is 5.32 Å². The van der Waals surface area contributed by atoms with E-state index in [9.17, 15) is 0 Å². The van der Waals surface area contributed by atoms with Crippen molar-refractivity contribution in [2.24, 2.45) is 5.92 Å². The Hall–Kier alpha value is -0.120. The Labute approximate surface area is 113 Å². The molecular formula is C15H31N3. The van der Waals surface area contributed by atoms with E-state index in [1.54, 1.807) is 0 Å². The zero-order valence-electron chi connectivity index (χ0n) is 12.5. The predicted octanol–water partition coefficient (Wildman–Crippen LogP) is 2.49. The van der Waals surface area contributed by atoms with E-state index in [2.05, 4.69) is 36.1 Å². The first-order chi connectivity index (χ1) is 8.72. The normalized spacial score (nSPS) is 35.2. The molecule has 0 aliphatic carbocycles. The highest BCUT2D eigenvalue weighted by molar-refractivity contribution is 4.83. The van der Waals surface area contributed by atoms with Gasteiger partial charge in [0.05, 0.1) is 0 Å². The molecule has 0 spiro atoms. The highest BCUT2D eigenvalue weighted by atomic mass is 15.7. The third kappa shape index (κ3) is 3.46. The maximum atomic E-state index is 3.58. The number of hydrogen-bond donors (Lipinski definition) is 1. The quantitative estimate of drug-likeness (QED) is 0.760. The number of nitrogens with one attached hydrogen (secondary N) is 1. The van der Waals surface area contributed by atoms with E-state index in [0.29, 0.717) is 0 Å². The van der Waals surface area contributed by atoms with Crippen molar-refractivity contribution >= 4 is 0 Å². The van der Waals surface area contributed by atoms with Gasteiger partial charge in [0.2, 0.25) is 0 Å². The highest BCUT2D eigenvalue weighted by Gasteiger charge is 2.33. The molecule has 0 aromatic carbocycles. The fraction of sp³-hybridized carbons (Fsp3) is 1.00. The Kier molecular flexibility index (Phi) is 5.46. The van der Waals surface area contributed by atoms with Crippen LogP contribution in [0.4, 0.5) is 0 Å². The van der Waals surface area contributed by atoms with Crippen molar-refractivity contribution < 1.29 is 0 Å². The van der Waals surface area contributed by atoms with Crippen molar-refractivity contribution in [3.8, 4) is 0 Å². The maximum absolute atomic E-state index is 3.58. The minimum absolute atomic E-state index is 0.746. The van der Waals surface area contributed by atoms with Gasteiger partial charge in [0, 0.05) is 25.2 Å². The second-order valence-electron chi connectivity index (χ2n) is 6.28. The Morgan fingerprint density at radius 2 is 1.83 bits per heavy atom. The van der Waals surface area contributed by atoms with Gasteiger partial charge in [-0.15, -0.1) is 0 Å². The average molecular weight is 253 g/mol. The maximum Gasteiger partial charge on any atom is 0.0220 e. The molecular weight excluding hydrogens is 222 g/mol. The second kappa shape index (κ2) is 6.88. The summed E-state index contributed by atoms with van der Waals surface area (Å²) < 4.78 is 0. The van der Waals surface area contributed by atoms with Crippen LogP contribution in [0.1, 0.15) is 52.9 Å². The van der Waals surface area contributed by atoms with Gasteiger partial charge >= 0.3 is 0 Å². The van der Waals surface area contributed by atoms with E-state index >= 15 is 0 Å². The molecule has 2 heterocycles. The van der Waals surface area contributed by atoms with Crippen LogP contribution in [0.15, 0.2) is 0 Å². The lowest BCUT2D eigenvalue weighted by Gasteiger charge is -2.44. The van der Waals surface area contributed by atoms with Gasteiger partial charge < -0.3 is 5.32 Å². The van der Waals surface area contributed by atoms with Crippen molar-refractivity contribution in [1.29, 1.82) is 0 Å². The molecule has 18 heavy (non-hydrogen) atoms. The first-order valence-electron chi connectivity index (χ1n) is 7.96. The third-order valence-electron chi connectivity index (χ3n) is 4.60. The summed E-state index contributed by atoms with van der Waals surface area (Å²) >= 11 is 0. The number of hydrogen-bond acceptors (Lipinski definition) is 3. The molecule has 3 nitrogen and oxygen atoms in total. The monoisotopic (exact) mass is 253 g/mol. The van der Waals surface area contributed by atoms with Crippen molar-refractivity contribution in [3.05, 3.63) is 0 Å². The summed E-state index contributed by atoms with van der Waals surface area (Å²) in [7, 11) is 0. The fourth-order valence-corrected chi connectivity index (χ4v) is 3.64. The molecule has 0 amide bonds. The SMILES string of the molecule is CCCNCC1CCN(N2C(C)CCCC2C)C1. The van der Waals surface area contributed by atoms with Gasteiger partial charge in [0.25, 0.3) is 0 Å². The Morgan fingerprint density at radius 1 is 1.11 bits per heavy atom. The molecule has 3 heteroatoms.